The monoisotopic (exact) mass is 476 g/mol. The molecule has 1 aliphatic heterocycles. The molecule has 1 aliphatic rings. The number of fused-ring (bicyclic) bond motifs is 1. The summed E-state index contributed by atoms with van der Waals surface area (Å²) in [5, 5.41) is 5.69. The van der Waals surface area contributed by atoms with Crippen LogP contribution in [0.25, 0.3) is 22.3 Å². The molecular weight excluding hydrogens is 448 g/mol. The van der Waals surface area contributed by atoms with Crippen LogP contribution in [0.5, 0.6) is 0 Å². The summed E-state index contributed by atoms with van der Waals surface area (Å²) in [7, 11) is 0. The molecule has 4 aromatic rings. The number of nitrogens with one attached hydrogen (secondary N) is 2. The normalized spacial score (nSPS) is 18.3. The molecule has 2 N–H and O–H groups in total. The van der Waals surface area contributed by atoms with E-state index in [2.05, 4.69) is 34.0 Å². The maximum absolute atomic E-state index is 12.5. The Labute approximate surface area is 203 Å². The van der Waals surface area contributed by atoms with Crippen LogP contribution >= 0.6 is 11.3 Å². The molecule has 2 atom stereocenters. The van der Waals surface area contributed by atoms with Gasteiger partial charge in [0.2, 0.25) is 5.91 Å². The molecule has 9 heteroatoms. The van der Waals surface area contributed by atoms with E-state index in [-0.39, 0.29) is 25.3 Å². The Morgan fingerprint density at radius 3 is 2.68 bits per heavy atom. The number of carbonyl (C=O) groups is 2. The molecule has 0 spiro atoms. The van der Waals surface area contributed by atoms with E-state index in [0.29, 0.717) is 10.6 Å². The molecule has 8 nitrogen and oxygen atoms in total. The molecule has 0 bridgehead atoms. The smallest absolute Gasteiger partial charge is 0.265 e. The lowest BCUT2D eigenvalue weighted by molar-refractivity contribution is -0.133. The summed E-state index contributed by atoms with van der Waals surface area (Å²) >= 11 is 1.40. The second-order valence-electron chi connectivity index (χ2n) is 8.66. The predicted octanol–water partition coefficient (Wildman–Crippen LogP) is 4.63. The quantitative estimate of drug-likeness (QED) is 0.448. The zero-order chi connectivity index (χ0) is 23.8. The van der Waals surface area contributed by atoms with E-state index >= 15 is 0 Å². The molecule has 1 fully saturated rings. The first-order valence-corrected chi connectivity index (χ1v) is 12.1. The van der Waals surface area contributed by atoms with Crippen molar-refractivity contribution in [3.63, 3.8) is 0 Å². The number of carbonyl (C=O) groups excluding carboxylic acids is 2. The third-order valence-electron chi connectivity index (χ3n) is 6.15. The van der Waals surface area contributed by atoms with Gasteiger partial charge in [0.15, 0.2) is 0 Å². The Bertz CT molecular complexity index is 1340. The summed E-state index contributed by atoms with van der Waals surface area (Å²) in [6, 6.07) is 11.8. The van der Waals surface area contributed by atoms with E-state index in [9.17, 15) is 9.59 Å². The van der Waals surface area contributed by atoms with Crippen LogP contribution in [0, 0.1) is 0 Å². The lowest BCUT2D eigenvalue weighted by Crippen LogP contribution is -2.58. The Morgan fingerprint density at radius 2 is 1.97 bits per heavy atom. The van der Waals surface area contributed by atoms with Crippen molar-refractivity contribution in [3.8, 4) is 11.3 Å². The van der Waals surface area contributed by atoms with Gasteiger partial charge in [-0.05, 0) is 43.5 Å². The third kappa shape index (κ3) is 4.14. The molecule has 0 saturated carbocycles. The topological polar surface area (TPSA) is 94.2 Å². The zero-order valence-corrected chi connectivity index (χ0v) is 20.1. The van der Waals surface area contributed by atoms with Crippen molar-refractivity contribution in [2.24, 2.45) is 0 Å². The Morgan fingerprint density at radius 1 is 1.18 bits per heavy atom. The standard InChI is InChI=1S/C25H26N6O2S.H2/c1-15-13-30(14-16(2)31(15)17(3)32)23-8-4-6-21(29-23)20-12-27-24-19(20)10-18(11-26-24)28-25(33)22-7-5-9-34-22;/h4-12,15-16H,13-14H2,1-3H3,(H,26,27)(H,28,33);1H/t15-,16+;. The van der Waals surface area contributed by atoms with Crippen molar-refractivity contribution in [2.75, 3.05) is 23.3 Å². The highest BCUT2D eigenvalue weighted by Crippen LogP contribution is 2.30. The maximum Gasteiger partial charge on any atom is 0.265 e. The van der Waals surface area contributed by atoms with E-state index in [1.165, 1.54) is 11.3 Å². The first-order valence-electron chi connectivity index (χ1n) is 11.2. The van der Waals surface area contributed by atoms with Crippen molar-refractivity contribution in [1.82, 2.24) is 19.9 Å². The Hall–Kier alpha value is -3.72. The first-order chi connectivity index (χ1) is 16.4. The van der Waals surface area contributed by atoms with Crippen LogP contribution in [0.1, 0.15) is 31.9 Å². The van der Waals surface area contributed by atoms with Crippen molar-refractivity contribution in [2.45, 2.75) is 32.9 Å². The molecule has 34 heavy (non-hydrogen) atoms. The van der Waals surface area contributed by atoms with Crippen LogP contribution in [-0.4, -0.2) is 56.8 Å². The SMILES string of the molecule is CC(=O)N1[C@H](C)CN(c2cccc(-c3c[nH]c4ncc(NC(=O)c5cccs5)cc34)n2)C[C@@H]1C.[HH]. The minimum absolute atomic E-state index is 0. The van der Waals surface area contributed by atoms with Gasteiger partial charge in [0.25, 0.3) is 5.91 Å². The minimum Gasteiger partial charge on any atom is -0.352 e. The number of anilines is 2. The number of amides is 2. The first kappa shape index (κ1) is 22.1. The van der Waals surface area contributed by atoms with E-state index in [1.807, 2.05) is 46.8 Å². The van der Waals surface area contributed by atoms with Crippen molar-refractivity contribution < 1.29 is 11.0 Å². The lowest BCUT2D eigenvalue weighted by Gasteiger charge is -2.44. The van der Waals surface area contributed by atoms with Crippen LogP contribution in [-0.2, 0) is 4.79 Å². The van der Waals surface area contributed by atoms with Crippen molar-refractivity contribution in [3.05, 3.63) is 59.0 Å². The number of piperazine rings is 1. The van der Waals surface area contributed by atoms with E-state index in [0.717, 1.165) is 41.2 Å². The summed E-state index contributed by atoms with van der Waals surface area (Å²) in [6.07, 6.45) is 3.54. The second-order valence-corrected chi connectivity index (χ2v) is 9.61. The number of pyridine rings is 2. The van der Waals surface area contributed by atoms with Gasteiger partial charge < -0.3 is 20.1 Å². The number of hydrogen-bond donors (Lipinski definition) is 2. The zero-order valence-electron chi connectivity index (χ0n) is 19.3. The molecule has 5 heterocycles. The molecule has 4 aromatic heterocycles. The van der Waals surface area contributed by atoms with Crippen molar-refractivity contribution >= 4 is 45.7 Å². The maximum atomic E-state index is 12.5. The molecule has 0 unspecified atom stereocenters. The van der Waals surface area contributed by atoms with Crippen LogP contribution in [0.2, 0.25) is 0 Å². The van der Waals surface area contributed by atoms with Gasteiger partial charge in [0.05, 0.1) is 22.5 Å². The number of thiophene rings is 1. The van der Waals surface area contributed by atoms with Crippen molar-refractivity contribution in [1.29, 1.82) is 0 Å². The van der Waals surface area contributed by atoms with E-state index in [1.54, 1.807) is 19.2 Å². The molecule has 176 valence electrons. The average Bonchev–Trinajstić information content (AvgIpc) is 3.48. The largest absolute Gasteiger partial charge is 0.352 e. The molecule has 0 radical (unpaired) electrons. The van der Waals surface area contributed by atoms with Gasteiger partial charge in [-0.25, -0.2) is 9.97 Å². The Kier molecular flexibility index (Phi) is 5.79. The van der Waals surface area contributed by atoms with E-state index < -0.39 is 0 Å². The Balaban J connectivity index is 0.00000289. The lowest BCUT2D eigenvalue weighted by atomic mass is 10.1. The molecule has 0 aliphatic carbocycles. The third-order valence-corrected chi connectivity index (χ3v) is 7.02. The van der Waals surface area contributed by atoms with Gasteiger partial charge in [-0.3, -0.25) is 9.59 Å². The van der Waals surface area contributed by atoms with Gasteiger partial charge in [0.1, 0.15) is 11.5 Å². The van der Waals surface area contributed by atoms with E-state index in [4.69, 9.17) is 4.98 Å². The minimum atomic E-state index is -0.152. The predicted molar refractivity (Wildman–Crippen MR) is 137 cm³/mol. The number of hydrogen-bond acceptors (Lipinski definition) is 6. The molecule has 5 rings (SSSR count). The fraction of sp³-hybridized carbons (Fsp3) is 0.280. The summed E-state index contributed by atoms with van der Waals surface area (Å²) in [6.45, 7) is 7.24. The number of nitrogens with zero attached hydrogens (tertiary/aromatic N) is 4. The summed E-state index contributed by atoms with van der Waals surface area (Å²) in [4.78, 5) is 41.9. The fourth-order valence-corrected chi connectivity index (χ4v) is 5.38. The molecule has 2 amide bonds. The highest BCUT2D eigenvalue weighted by atomic mass is 32.1. The highest BCUT2D eigenvalue weighted by Gasteiger charge is 2.31. The molecular formula is C25H28N6O2S. The van der Waals surface area contributed by atoms with Gasteiger partial charge in [-0.15, -0.1) is 11.3 Å². The molecule has 0 aromatic carbocycles. The number of H-pyrrole nitrogens is 1. The summed E-state index contributed by atoms with van der Waals surface area (Å²) in [5.41, 5.74) is 3.10. The van der Waals surface area contributed by atoms with Crippen LogP contribution in [0.15, 0.2) is 54.2 Å². The van der Waals surface area contributed by atoms with Gasteiger partial charge >= 0.3 is 0 Å². The van der Waals surface area contributed by atoms with Gasteiger partial charge in [0, 0.05) is 50.7 Å². The average molecular weight is 477 g/mol. The fourth-order valence-electron chi connectivity index (χ4n) is 4.76. The van der Waals surface area contributed by atoms with Gasteiger partial charge in [-0.1, -0.05) is 12.1 Å². The molecule has 1 saturated heterocycles. The number of aromatic nitrogens is 3. The summed E-state index contributed by atoms with van der Waals surface area (Å²) < 4.78 is 0. The highest BCUT2D eigenvalue weighted by molar-refractivity contribution is 7.12. The summed E-state index contributed by atoms with van der Waals surface area (Å²) in [5.74, 6) is 0.833. The van der Waals surface area contributed by atoms with Crippen LogP contribution < -0.4 is 10.2 Å². The van der Waals surface area contributed by atoms with Gasteiger partial charge in [-0.2, -0.15) is 0 Å². The van der Waals surface area contributed by atoms with Crippen LogP contribution in [0.3, 0.4) is 0 Å². The second kappa shape index (κ2) is 8.90. The number of aromatic amines is 1. The number of rotatable bonds is 4. The van der Waals surface area contributed by atoms with Crippen LogP contribution in [0.4, 0.5) is 11.5 Å².